The van der Waals surface area contributed by atoms with E-state index in [1.54, 1.807) is 67.6 Å². The lowest BCUT2D eigenvalue weighted by Gasteiger charge is -2.25. The first-order valence-electron chi connectivity index (χ1n) is 12.2. The van der Waals surface area contributed by atoms with E-state index in [1.807, 2.05) is 6.07 Å². The third-order valence-electron chi connectivity index (χ3n) is 6.46. The Bertz CT molecular complexity index is 1830. The lowest BCUT2D eigenvalue weighted by molar-refractivity contribution is -0.136. The fourth-order valence-electron chi connectivity index (χ4n) is 4.55. The molecule has 1 aliphatic rings. The molecule has 40 heavy (non-hydrogen) atoms. The van der Waals surface area contributed by atoms with E-state index in [0.29, 0.717) is 48.2 Å². The minimum atomic E-state index is -0.882. The summed E-state index contributed by atoms with van der Waals surface area (Å²) >= 11 is 7.51. The maximum absolute atomic E-state index is 14.1. The number of nitrogens with zero attached hydrogens (tertiary/aromatic N) is 2. The first-order valence-corrected chi connectivity index (χ1v) is 13.4. The highest BCUT2D eigenvalue weighted by atomic mass is 35.5. The maximum atomic E-state index is 14.1. The molecule has 0 N–H and O–H groups in total. The highest BCUT2D eigenvalue weighted by Crippen LogP contribution is 2.37. The Morgan fingerprint density at radius 3 is 2.60 bits per heavy atom. The lowest BCUT2D eigenvalue weighted by Crippen LogP contribution is -2.40. The van der Waals surface area contributed by atoms with Gasteiger partial charge in [-0.3, -0.25) is 9.36 Å². The molecular formula is C30H24ClFN2O5S. The van der Waals surface area contributed by atoms with Crippen molar-refractivity contribution >= 4 is 35.0 Å². The van der Waals surface area contributed by atoms with Gasteiger partial charge in [-0.1, -0.05) is 59.3 Å². The SMILES string of the molecule is COC(=O)C1=C(C)N=c2s/c(=C\c3ccccc3OCc3ccccc3F)c(=O)n2[C@H]1c1cc(Cl)ccc1OC. The maximum Gasteiger partial charge on any atom is 0.338 e. The molecule has 0 spiro atoms. The third-order valence-corrected chi connectivity index (χ3v) is 7.68. The fourth-order valence-corrected chi connectivity index (χ4v) is 5.77. The number of hydrogen-bond acceptors (Lipinski definition) is 7. The zero-order valence-electron chi connectivity index (χ0n) is 21.8. The van der Waals surface area contributed by atoms with Crippen LogP contribution >= 0.6 is 22.9 Å². The summed E-state index contributed by atoms with van der Waals surface area (Å²) in [7, 11) is 2.78. The Morgan fingerprint density at radius 2 is 1.85 bits per heavy atom. The standard InChI is InChI=1S/C30H24ClFN2O5S/c1-17-26(29(36)38-3)27(21-15-20(31)12-13-24(21)37-2)34-28(35)25(40-30(34)33-17)14-18-8-5-7-11-23(18)39-16-19-9-4-6-10-22(19)32/h4-15,27H,16H2,1-3H3/b25-14-/t27-/m0/s1. The molecule has 0 saturated carbocycles. The van der Waals surface area contributed by atoms with E-state index < -0.39 is 12.0 Å². The molecule has 0 bridgehead atoms. The number of benzene rings is 3. The van der Waals surface area contributed by atoms with Gasteiger partial charge in [0.1, 0.15) is 30.0 Å². The van der Waals surface area contributed by atoms with Gasteiger partial charge in [0, 0.05) is 21.7 Å². The number of para-hydroxylation sites is 1. The quantitative estimate of drug-likeness (QED) is 0.295. The van der Waals surface area contributed by atoms with Crippen molar-refractivity contribution in [3.8, 4) is 11.5 Å². The summed E-state index contributed by atoms with van der Waals surface area (Å²) < 4.78 is 32.5. The van der Waals surface area contributed by atoms with Crippen molar-refractivity contribution in [1.82, 2.24) is 4.57 Å². The van der Waals surface area contributed by atoms with Gasteiger partial charge in [-0.05, 0) is 43.3 Å². The molecule has 0 unspecified atom stereocenters. The number of thiazole rings is 1. The summed E-state index contributed by atoms with van der Waals surface area (Å²) in [5.74, 6) is -0.0426. The number of ether oxygens (including phenoxy) is 3. The van der Waals surface area contributed by atoms with E-state index in [2.05, 4.69) is 4.99 Å². The largest absolute Gasteiger partial charge is 0.496 e. The molecule has 1 atom stereocenters. The zero-order valence-corrected chi connectivity index (χ0v) is 23.4. The molecule has 1 aromatic heterocycles. The number of esters is 1. The third kappa shape index (κ3) is 5.17. The summed E-state index contributed by atoms with van der Waals surface area (Å²) in [6, 6.07) is 17.7. The number of allylic oxidation sites excluding steroid dienone is 1. The second-order valence-corrected chi connectivity index (χ2v) is 10.3. The second-order valence-electron chi connectivity index (χ2n) is 8.88. The van der Waals surface area contributed by atoms with Crippen molar-refractivity contribution < 1.29 is 23.4 Å². The Labute approximate surface area is 238 Å². The number of rotatable bonds is 7. The molecule has 10 heteroatoms. The molecule has 2 heterocycles. The van der Waals surface area contributed by atoms with Gasteiger partial charge in [0.2, 0.25) is 0 Å². The van der Waals surface area contributed by atoms with Crippen molar-refractivity contribution in [1.29, 1.82) is 0 Å². The van der Waals surface area contributed by atoms with Crippen LogP contribution in [0.15, 0.2) is 87.8 Å². The Balaban J connectivity index is 1.65. The van der Waals surface area contributed by atoms with Gasteiger partial charge in [-0.15, -0.1) is 0 Å². The van der Waals surface area contributed by atoms with E-state index >= 15 is 0 Å². The highest BCUT2D eigenvalue weighted by molar-refractivity contribution is 7.07. The van der Waals surface area contributed by atoms with Crippen molar-refractivity contribution in [2.24, 2.45) is 4.99 Å². The summed E-state index contributed by atoms with van der Waals surface area (Å²) in [6.45, 7) is 1.72. The van der Waals surface area contributed by atoms with E-state index in [1.165, 1.54) is 36.2 Å². The Morgan fingerprint density at radius 1 is 1.10 bits per heavy atom. The van der Waals surface area contributed by atoms with Gasteiger partial charge in [-0.2, -0.15) is 0 Å². The molecule has 4 aromatic rings. The van der Waals surface area contributed by atoms with Crippen LogP contribution in [0.2, 0.25) is 5.02 Å². The molecule has 3 aromatic carbocycles. The highest BCUT2D eigenvalue weighted by Gasteiger charge is 2.35. The summed E-state index contributed by atoms with van der Waals surface area (Å²) in [5, 5.41) is 0.415. The molecule has 7 nitrogen and oxygen atoms in total. The van der Waals surface area contributed by atoms with Gasteiger partial charge >= 0.3 is 5.97 Å². The summed E-state index contributed by atoms with van der Waals surface area (Å²) in [5.41, 5.74) is 1.82. The van der Waals surface area contributed by atoms with Crippen LogP contribution in [0.1, 0.15) is 29.7 Å². The first kappa shape index (κ1) is 27.4. The van der Waals surface area contributed by atoms with Crippen molar-refractivity contribution in [3.05, 3.63) is 125 Å². The van der Waals surface area contributed by atoms with Crippen molar-refractivity contribution in [2.75, 3.05) is 14.2 Å². The number of fused-ring (bicyclic) bond motifs is 1. The van der Waals surface area contributed by atoms with Gasteiger partial charge in [0.15, 0.2) is 4.80 Å². The molecule has 204 valence electrons. The predicted molar refractivity (Wildman–Crippen MR) is 151 cm³/mol. The molecule has 5 rings (SSSR count). The van der Waals surface area contributed by atoms with E-state index in [0.717, 1.165) is 0 Å². The fraction of sp³-hybridized carbons (Fsp3) is 0.167. The average molecular weight is 579 g/mol. The number of hydrogen-bond donors (Lipinski definition) is 0. The number of aromatic nitrogens is 1. The first-order chi connectivity index (χ1) is 19.3. The van der Waals surface area contributed by atoms with Crippen LogP contribution in [0.5, 0.6) is 11.5 Å². The monoisotopic (exact) mass is 578 g/mol. The Kier molecular flexibility index (Phi) is 7.86. The van der Waals surface area contributed by atoms with Crippen molar-refractivity contribution in [3.63, 3.8) is 0 Å². The smallest absolute Gasteiger partial charge is 0.338 e. The van der Waals surface area contributed by atoms with Crippen LogP contribution in [0, 0.1) is 5.82 Å². The molecule has 0 amide bonds. The number of methoxy groups -OCH3 is 2. The second kappa shape index (κ2) is 11.5. The summed E-state index contributed by atoms with van der Waals surface area (Å²) in [6.07, 6.45) is 1.70. The topological polar surface area (TPSA) is 79.1 Å². The number of halogens is 2. The number of carbonyl (C=O) groups excluding carboxylic acids is 1. The van der Waals surface area contributed by atoms with E-state index in [4.69, 9.17) is 25.8 Å². The molecule has 0 radical (unpaired) electrons. The van der Waals surface area contributed by atoms with Gasteiger partial charge < -0.3 is 14.2 Å². The zero-order chi connectivity index (χ0) is 28.4. The van der Waals surface area contributed by atoms with E-state index in [9.17, 15) is 14.0 Å². The van der Waals surface area contributed by atoms with Gasteiger partial charge in [0.25, 0.3) is 5.56 Å². The predicted octanol–water partition coefficient (Wildman–Crippen LogP) is 4.79. The van der Waals surface area contributed by atoms with Crippen LogP contribution < -0.4 is 24.4 Å². The Hall–Kier alpha value is -4.21. The normalized spacial score (nSPS) is 14.9. The summed E-state index contributed by atoms with van der Waals surface area (Å²) in [4.78, 5) is 31.8. The van der Waals surface area contributed by atoms with Crippen LogP contribution in [0.25, 0.3) is 6.08 Å². The van der Waals surface area contributed by atoms with E-state index in [-0.39, 0.29) is 23.6 Å². The van der Waals surface area contributed by atoms with Crippen LogP contribution in [-0.2, 0) is 16.1 Å². The van der Waals surface area contributed by atoms with Crippen molar-refractivity contribution in [2.45, 2.75) is 19.6 Å². The lowest BCUT2D eigenvalue weighted by atomic mass is 9.95. The molecular weight excluding hydrogens is 555 g/mol. The molecule has 1 aliphatic heterocycles. The van der Waals surface area contributed by atoms with Gasteiger partial charge in [-0.25, -0.2) is 14.2 Å². The molecule has 0 saturated heterocycles. The number of carbonyl (C=O) groups is 1. The van der Waals surface area contributed by atoms with Crippen LogP contribution in [0.4, 0.5) is 4.39 Å². The van der Waals surface area contributed by atoms with Gasteiger partial charge in [0.05, 0.1) is 30.0 Å². The minimum Gasteiger partial charge on any atom is -0.496 e. The van der Waals surface area contributed by atoms with Crippen LogP contribution in [0.3, 0.4) is 0 Å². The minimum absolute atomic E-state index is 0.0228. The average Bonchev–Trinajstić information content (AvgIpc) is 3.26. The molecule has 0 aliphatic carbocycles. The molecule has 0 fully saturated rings. The van der Waals surface area contributed by atoms with Crippen LogP contribution in [-0.4, -0.2) is 24.8 Å².